The van der Waals surface area contributed by atoms with E-state index in [1.165, 1.54) is 24.3 Å². The van der Waals surface area contributed by atoms with Gasteiger partial charge in [0.15, 0.2) is 11.6 Å². The van der Waals surface area contributed by atoms with Crippen LogP contribution in [0.25, 0.3) is 16.8 Å². The number of rotatable bonds is 7. The Kier molecular flexibility index (Phi) is 6.42. The molecular formula is C25H23F3O. The second-order valence-corrected chi connectivity index (χ2v) is 6.81. The van der Waals surface area contributed by atoms with Gasteiger partial charge in [0.25, 0.3) is 0 Å². The molecular weight excluding hydrogens is 373 g/mol. The van der Waals surface area contributed by atoms with Crippen molar-refractivity contribution in [2.45, 2.75) is 32.8 Å². The molecule has 150 valence electrons. The summed E-state index contributed by atoms with van der Waals surface area (Å²) in [6, 6.07) is 13.9. The molecule has 0 aliphatic rings. The Morgan fingerprint density at radius 1 is 0.897 bits per heavy atom. The van der Waals surface area contributed by atoms with E-state index in [1.54, 1.807) is 24.3 Å². The highest BCUT2D eigenvalue weighted by Gasteiger charge is 2.35. The van der Waals surface area contributed by atoms with E-state index in [4.69, 9.17) is 4.74 Å². The van der Waals surface area contributed by atoms with E-state index in [-0.39, 0.29) is 5.56 Å². The number of hydrogen-bond donors (Lipinski definition) is 0. The van der Waals surface area contributed by atoms with Gasteiger partial charge >= 0.3 is 6.11 Å². The van der Waals surface area contributed by atoms with E-state index in [1.807, 2.05) is 44.2 Å². The number of hydrogen-bond acceptors (Lipinski definition) is 1. The smallest absolute Gasteiger partial charge is 0.426 e. The molecule has 29 heavy (non-hydrogen) atoms. The van der Waals surface area contributed by atoms with Crippen LogP contribution in [-0.2, 0) is 12.5 Å². The zero-order valence-corrected chi connectivity index (χ0v) is 16.5. The number of benzene rings is 3. The molecule has 0 unspecified atom stereocenters. The molecule has 0 spiro atoms. The Morgan fingerprint density at radius 3 is 2.34 bits per heavy atom. The minimum atomic E-state index is -3.64. The summed E-state index contributed by atoms with van der Waals surface area (Å²) < 4.78 is 48.5. The summed E-state index contributed by atoms with van der Waals surface area (Å²) in [5.41, 5.74) is 1.56. The molecule has 0 heterocycles. The first-order valence-electron chi connectivity index (χ1n) is 9.56. The van der Waals surface area contributed by atoms with Gasteiger partial charge in [0.05, 0.1) is 5.56 Å². The van der Waals surface area contributed by atoms with Crippen molar-refractivity contribution in [3.63, 3.8) is 0 Å². The molecule has 0 atom stereocenters. The number of aryl methyl sites for hydroxylation is 1. The van der Waals surface area contributed by atoms with Crippen LogP contribution in [0, 0.1) is 5.82 Å². The van der Waals surface area contributed by atoms with Crippen LogP contribution < -0.4 is 4.74 Å². The maximum Gasteiger partial charge on any atom is 0.426 e. The van der Waals surface area contributed by atoms with Crippen LogP contribution in [0.15, 0.2) is 72.8 Å². The van der Waals surface area contributed by atoms with Crippen molar-refractivity contribution in [1.29, 1.82) is 0 Å². The molecule has 3 rings (SSSR count). The van der Waals surface area contributed by atoms with Crippen molar-refractivity contribution in [2.24, 2.45) is 0 Å². The van der Waals surface area contributed by atoms with Crippen molar-refractivity contribution in [3.8, 4) is 5.75 Å². The van der Waals surface area contributed by atoms with Gasteiger partial charge in [0.1, 0.15) is 0 Å². The zero-order valence-electron chi connectivity index (χ0n) is 16.5. The summed E-state index contributed by atoms with van der Waals surface area (Å²) in [5, 5.41) is 1.25. The Bertz CT molecular complexity index is 1030. The second kappa shape index (κ2) is 8.99. The Hall–Kier alpha value is -3.01. The SMILES string of the molecule is C/C=C/CCc1ccc(C(F)(F)Oc2cc3ccc(/C=C/C)cc3cc2F)cc1. The van der Waals surface area contributed by atoms with Crippen molar-refractivity contribution >= 4 is 16.8 Å². The largest absolute Gasteiger partial charge is 0.426 e. The molecule has 3 aromatic rings. The summed E-state index contributed by atoms with van der Waals surface area (Å²) in [5.74, 6) is -1.30. The fourth-order valence-electron chi connectivity index (χ4n) is 3.12. The lowest BCUT2D eigenvalue weighted by Crippen LogP contribution is -2.22. The van der Waals surface area contributed by atoms with Gasteiger partial charge < -0.3 is 4.74 Å². The van der Waals surface area contributed by atoms with Gasteiger partial charge in [-0.25, -0.2) is 4.39 Å². The Morgan fingerprint density at radius 2 is 1.66 bits per heavy atom. The maximum atomic E-state index is 14.6. The molecule has 0 fully saturated rings. The first-order chi connectivity index (χ1) is 13.9. The molecule has 0 aliphatic carbocycles. The highest BCUT2D eigenvalue weighted by molar-refractivity contribution is 5.86. The summed E-state index contributed by atoms with van der Waals surface area (Å²) >= 11 is 0. The van der Waals surface area contributed by atoms with Gasteiger partial charge in [0, 0.05) is 0 Å². The first-order valence-corrected chi connectivity index (χ1v) is 9.56. The van der Waals surface area contributed by atoms with Crippen molar-refractivity contribution in [2.75, 3.05) is 0 Å². The van der Waals surface area contributed by atoms with E-state index in [0.717, 1.165) is 24.0 Å². The van der Waals surface area contributed by atoms with E-state index in [9.17, 15) is 13.2 Å². The zero-order chi connectivity index (χ0) is 20.9. The average Bonchev–Trinajstić information content (AvgIpc) is 2.69. The molecule has 0 bridgehead atoms. The highest BCUT2D eigenvalue weighted by Crippen LogP contribution is 2.35. The lowest BCUT2D eigenvalue weighted by molar-refractivity contribution is -0.186. The number of allylic oxidation sites excluding steroid dienone is 3. The van der Waals surface area contributed by atoms with Crippen LogP contribution in [0.1, 0.15) is 37.0 Å². The predicted molar refractivity (Wildman–Crippen MR) is 113 cm³/mol. The summed E-state index contributed by atoms with van der Waals surface area (Å²) in [6.45, 7) is 3.83. The minimum Gasteiger partial charge on any atom is -0.426 e. The molecule has 0 amide bonds. The van der Waals surface area contributed by atoms with Gasteiger partial charge in [-0.05, 0) is 78.9 Å². The minimum absolute atomic E-state index is 0.310. The molecule has 0 N–H and O–H groups in total. The van der Waals surface area contributed by atoms with Crippen LogP contribution in [0.5, 0.6) is 5.75 Å². The molecule has 0 aromatic heterocycles. The Labute approximate surface area is 169 Å². The van der Waals surface area contributed by atoms with E-state index in [2.05, 4.69) is 0 Å². The van der Waals surface area contributed by atoms with E-state index in [0.29, 0.717) is 10.8 Å². The van der Waals surface area contributed by atoms with Gasteiger partial charge in [0.2, 0.25) is 0 Å². The Balaban J connectivity index is 1.82. The number of ether oxygens (including phenoxy) is 1. The van der Waals surface area contributed by atoms with Crippen LogP contribution in [-0.4, -0.2) is 0 Å². The van der Waals surface area contributed by atoms with E-state index >= 15 is 0 Å². The third kappa shape index (κ3) is 5.08. The van der Waals surface area contributed by atoms with Gasteiger partial charge in [-0.1, -0.05) is 48.6 Å². The van der Waals surface area contributed by atoms with Crippen molar-refractivity contribution < 1.29 is 17.9 Å². The molecule has 4 heteroatoms. The first kappa shape index (κ1) is 20.7. The van der Waals surface area contributed by atoms with Gasteiger partial charge in [-0.15, -0.1) is 0 Å². The number of halogens is 3. The monoisotopic (exact) mass is 396 g/mol. The molecule has 1 nitrogen and oxygen atoms in total. The maximum absolute atomic E-state index is 14.6. The van der Waals surface area contributed by atoms with Crippen LogP contribution in [0.2, 0.25) is 0 Å². The fourth-order valence-corrected chi connectivity index (χ4v) is 3.12. The molecule has 0 saturated heterocycles. The lowest BCUT2D eigenvalue weighted by Gasteiger charge is -2.19. The molecule has 3 aromatic carbocycles. The normalized spacial score (nSPS) is 12.3. The lowest BCUT2D eigenvalue weighted by atomic mass is 10.1. The second-order valence-electron chi connectivity index (χ2n) is 6.81. The van der Waals surface area contributed by atoms with Gasteiger partial charge in [-0.3, -0.25) is 0 Å². The third-order valence-electron chi connectivity index (χ3n) is 4.64. The number of alkyl halides is 2. The predicted octanol–water partition coefficient (Wildman–Crippen LogP) is 7.65. The van der Waals surface area contributed by atoms with Crippen LogP contribution in [0.4, 0.5) is 13.2 Å². The molecule has 0 radical (unpaired) electrons. The van der Waals surface area contributed by atoms with E-state index < -0.39 is 17.7 Å². The summed E-state index contributed by atoms with van der Waals surface area (Å²) in [7, 11) is 0. The molecule has 0 saturated carbocycles. The van der Waals surface area contributed by atoms with Gasteiger partial charge in [-0.2, -0.15) is 8.78 Å². The quantitative estimate of drug-likeness (QED) is 0.373. The third-order valence-corrected chi connectivity index (χ3v) is 4.64. The van der Waals surface area contributed by atoms with Crippen molar-refractivity contribution in [3.05, 3.63) is 95.3 Å². The average molecular weight is 396 g/mol. The topological polar surface area (TPSA) is 9.23 Å². The summed E-state index contributed by atoms with van der Waals surface area (Å²) in [4.78, 5) is 0. The summed E-state index contributed by atoms with van der Waals surface area (Å²) in [6.07, 6.45) is 5.72. The highest BCUT2D eigenvalue weighted by atomic mass is 19.3. The fraction of sp³-hybridized carbons (Fsp3) is 0.200. The van der Waals surface area contributed by atoms with Crippen LogP contribution in [0.3, 0.4) is 0 Å². The van der Waals surface area contributed by atoms with Crippen molar-refractivity contribution in [1.82, 2.24) is 0 Å². The number of fused-ring (bicyclic) bond motifs is 1. The van der Waals surface area contributed by atoms with Crippen LogP contribution >= 0.6 is 0 Å². The standard InChI is InChI=1S/C25H23F3O/c1-3-5-6-8-18-10-13-22(14-11-18)25(27,28)29-24-17-20-12-9-19(7-4-2)15-21(20)16-23(24)26/h3-5,7,9-17H,6,8H2,1-2H3/b5-3+,7-4+. The molecule has 0 aliphatic heterocycles.